The van der Waals surface area contributed by atoms with Gasteiger partial charge in [-0.15, -0.1) is 0 Å². The lowest BCUT2D eigenvalue weighted by atomic mass is 10.2. The zero-order valence-electron chi connectivity index (χ0n) is 10.0. The summed E-state index contributed by atoms with van der Waals surface area (Å²) in [6.45, 7) is 1.67. The van der Waals surface area contributed by atoms with E-state index in [0.29, 0.717) is 15.7 Å². The van der Waals surface area contributed by atoms with Gasteiger partial charge in [-0.3, -0.25) is 4.79 Å². The number of amides is 1. The lowest BCUT2D eigenvalue weighted by molar-refractivity contribution is 0.0698. The number of nitrogen functional groups attached to an aromatic ring is 1. The molecule has 98 valence electrons. The third kappa shape index (κ3) is 2.71. The van der Waals surface area contributed by atoms with Crippen LogP contribution in [0.2, 0.25) is 0 Å². The van der Waals surface area contributed by atoms with Gasteiger partial charge in [0.25, 0.3) is 5.91 Å². The second-order valence-corrected chi connectivity index (χ2v) is 4.80. The molecule has 0 aliphatic rings. The molecule has 4 N–H and O–H groups in total. The van der Waals surface area contributed by atoms with E-state index in [9.17, 15) is 9.59 Å². The molecule has 0 atom stereocenters. The van der Waals surface area contributed by atoms with E-state index < -0.39 is 11.9 Å². The largest absolute Gasteiger partial charge is 0.478 e. The maximum absolute atomic E-state index is 12.0. The zero-order valence-corrected chi connectivity index (χ0v) is 10.8. The van der Waals surface area contributed by atoms with Gasteiger partial charge in [-0.1, -0.05) is 23.5 Å². The first-order chi connectivity index (χ1) is 8.99. The van der Waals surface area contributed by atoms with Crippen LogP contribution in [-0.4, -0.2) is 22.0 Å². The molecule has 0 saturated heterocycles. The van der Waals surface area contributed by atoms with E-state index in [1.165, 1.54) is 12.1 Å². The summed E-state index contributed by atoms with van der Waals surface area (Å²) >= 11 is 1.06. The average Bonchev–Trinajstić information content (AvgIpc) is 2.69. The molecule has 1 aromatic carbocycles. The SMILES string of the molecule is Cc1nc(N)sc1C(=O)Nc1ccccc1C(=O)O. The highest BCUT2D eigenvalue weighted by Crippen LogP contribution is 2.22. The summed E-state index contributed by atoms with van der Waals surface area (Å²) in [4.78, 5) is 27.4. The molecule has 6 nitrogen and oxygen atoms in total. The van der Waals surface area contributed by atoms with E-state index >= 15 is 0 Å². The minimum atomic E-state index is -1.10. The number of para-hydroxylation sites is 1. The van der Waals surface area contributed by atoms with Crippen molar-refractivity contribution in [1.82, 2.24) is 4.98 Å². The highest BCUT2D eigenvalue weighted by molar-refractivity contribution is 7.17. The summed E-state index contributed by atoms with van der Waals surface area (Å²) in [5.74, 6) is -1.52. The molecule has 0 aliphatic carbocycles. The van der Waals surface area contributed by atoms with Gasteiger partial charge in [-0.25, -0.2) is 9.78 Å². The van der Waals surface area contributed by atoms with Crippen LogP contribution in [0.1, 0.15) is 25.7 Å². The Bertz CT molecular complexity index is 651. The predicted octanol–water partition coefficient (Wildman–Crippen LogP) is 1.98. The number of aryl methyl sites for hydroxylation is 1. The normalized spacial score (nSPS) is 10.2. The number of carbonyl (C=O) groups excluding carboxylic acids is 1. The monoisotopic (exact) mass is 277 g/mol. The van der Waals surface area contributed by atoms with Crippen molar-refractivity contribution in [2.75, 3.05) is 11.1 Å². The van der Waals surface area contributed by atoms with Gasteiger partial charge in [0.1, 0.15) is 4.88 Å². The van der Waals surface area contributed by atoms with Crippen molar-refractivity contribution in [2.45, 2.75) is 6.92 Å². The molecule has 2 rings (SSSR count). The number of hydrogen-bond acceptors (Lipinski definition) is 5. The molecule has 0 spiro atoms. The van der Waals surface area contributed by atoms with E-state index in [1.54, 1.807) is 19.1 Å². The van der Waals surface area contributed by atoms with Crippen LogP contribution in [0, 0.1) is 6.92 Å². The van der Waals surface area contributed by atoms with Crippen LogP contribution in [0.3, 0.4) is 0 Å². The van der Waals surface area contributed by atoms with Gasteiger partial charge >= 0.3 is 5.97 Å². The lowest BCUT2D eigenvalue weighted by Crippen LogP contribution is -2.14. The van der Waals surface area contributed by atoms with Crippen LogP contribution in [0.25, 0.3) is 0 Å². The fraction of sp³-hybridized carbons (Fsp3) is 0.0833. The highest BCUT2D eigenvalue weighted by Gasteiger charge is 2.17. The third-order valence-electron chi connectivity index (χ3n) is 2.43. The van der Waals surface area contributed by atoms with Gasteiger partial charge in [0.2, 0.25) is 0 Å². The standard InChI is InChI=1S/C12H11N3O3S/c1-6-9(19-12(13)14-6)10(16)15-8-5-3-2-4-7(8)11(17)18/h2-5H,1H3,(H2,13,14)(H,15,16)(H,17,18). The van der Waals surface area contributed by atoms with Gasteiger partial charge in [0.15, 0.2) is 5.13 Å². The van der Waals surface area contributed by atoms with Crippen LogP contribution in [0.15, 0.2) is 24.3 Å². The van der Waals surface area contributed by atoms with E-state index in [2.05, 4.69) is 10.3 Å². The number of thiazole rings is 1. The van der Waals surface area contributed by atoms with Crippen molar-refractivity contribution in [3.05, 3.63) is 40.4 Å². The first kappa shape index (κ1) is 13.0. The van der Waals surface area contributed by atoms with Crippen molar-refractivity contribution in [3.63, 3.8) is 0 Å². The Morgan fingerprint density at radius 3 is 2.63 bits per heavy atom. The van der Waals surface area contributed by atoms with Gasteiger partial charge in [-0.05, 0) is 19.1 Å². The van der Waals surface area contributed by atoms with E-state index in [4.69, 9.17) is 10.8 Å². The Morgan fingerprint density at radius 2 is 2.05 bits per heavy atom. The third-order valence-corrected chi connectivity index (χ3v) is 3.41. The Kier molecular flexibility index (Phi) is 3.48. The summed E-state index contributed by atoms with van der Waals surface area (Å²) in [6.07, 6.45) is 0. The summed E-state index contributed by atoms with van der Waals surface area (Å²) in [5, 5.41) is 11.9. The van der Waals surface area contributed by atoms with E-state index in [-0.39, 0.29) is 11.3 Å². The molecule has 7 heteroatoms. The minimum absolute atomic E-state index is 0.0333. The Morgan fingerprint density at radius 1 is 1.37 bits per heavy atom. The van der Waals surface area contributed by atoms with Gasteiger partial charge in [0, 0.05) is 0 Å². The second-order valence-electron chi connectivity index (χ2n) is 3.77. The van der Waals surface area contributed by atoms with Crippen molar-refractivity contribution in [3.8, 4) is 0 Å². The number of carboxylic acids is 1. The molecular weight excluding hydrogens is 266 g/mol. The number of rotatable bonds is 3. The van der Waals surface area contributed by atoms with Crippen molar-refractivity contribution in [1.29, 1.82) is 0 Å². The van der Waals surface area contributed by atoms with Gasteiger partial charge < -0.3 is 16.2 Å². The molecule has 19 heavy (non-hydrogen) atoms. The number of benzene rings is 1. The highest BCUT2D eigenvalue weighted by atomic mass is 32.1. The number of anilines is 2. The summed E-state index contributed by atoms with van der Waals surface area (Å²) in [7, 11) is 0. The number of nitrogens with two attached hydrogens (primary N) is 1. The van der Waals surface area contributed by atoms with Crippen molar-refractivity contribution < 1.29 is 14.7 Å². The molecule has 1 aromatic heterocycles. The topological polar surface area (TPSA) is 105 Å². The number of nitrogens with one attached hydrogen (secondary N) is 1. The van der Waals surface area contributed by atoms with Gasteiger partial charge in [0.05, 0.1) is 16.9 Å². The van der Waals surface area contributed by atoms with Crippen LogP contribution in [-0.2, 0) is 0 Å². The molecule has 2 aromatic rings. The first-order valence-corrected chi connectivity index (χ1v) is 6.17. The zero-order chi connectivity index (χ0) is 14.0. The second kappa shape index (κ2) is 5.07. The smallest absolute Gasteiger partial charge is 0.337 e. The van der Waals surface area contributed by atoms with Crippen molar-refractivity contribution in [2.24, 2.45) is 0 Å². The van der Waals surface area contributed by atoms with Crippen molar-refractivity contribution >= 4 is 34.0 Å². The molecule has 0 bridgehead atoms. The fourth-order valence-corrected chi connectivity index (χ4v) is 2.31. The fourth-order valence-electron chi connectivity index (χ4n) is 1.59. The molecule has 0 aliphatic heterocycles. The number of nitrogens with zero attached hydrogens (tertiary/aromatic N) is 1. The quantitative estimate of drug-likeness (QED) is 0.795. The molecule has 0 saturated carbocycles. The maximum atomic E-state index is 12.0. The number of aromatic nitrogens is 1. The molecular formula is C12H11N3O3S. The summed E-state index contributed by atoms with van der Waals surface area (Å²) < 4.78 is 0. The molecule has 0 unspecified atom stereocenters. The first-order valence-electron chi connectivity index (χ1n) is 5.35. The van der Waals surface area contributed by atoms with Crippen LogP contribution in [0.4, 0.5) is 10.8 Å². The number of aromatic carboxylic acids is 1. The van der Waals surface area contributed by atoms with Crippen LogP contribution < -0.4 is 11.1 Å². The average molecular weight is 277 g/mol. The Hall–Kier alpha value is -2.41. The maximum Gasteiger partial charge on any atom is 0.337 e. The summed E-state index contributed by atoms with van der Waals surface area (Å²) in [6, 6.07) is 6.19. The molecule has 0 fully saturated rings. The molecule has 1 amide bonds. The Balaban J connectivity index is 2.29. The van der Waals surface area contributed by atoms with Crippen LogP contribution >= 0.6 is 11.3 Å². The van der Waals surface area contributed by atoms with E-state index in [0.717, 1.165) is 11.3 Å². The molecule has 0 radical (unpaired) electrons. The number of carbonyl (C=O) groups is 2. The lowest BCUT2D eigenvalue weighted by Gasteiger charge is -2.07. The van der Waals surface area contributed by atoms with Crippen LogP contribution in [0.5, 0.6) is 0 Å². The van der Waals surface area contributed by atoms with E-state index in [1.807, 2.05) is 0 Å². The van der Waals surface area contributed by atoms with Gasteiger partial charge in [-0.2, -0.15) is 0 Å². The Labute approximate surface area is 112 Å². The number of carboxylic acid groups (broad SMARTS) is 1. The number of hydrogen-bond donors (Lipinski definition) is 3. The predicted molar refractivity (Wildman–Crippen MR) is 72.6 cm³/mol. The summed E-state index contributed by atoms with van der Waals surface area (Å²) in [5.41, 5.74) is 6.32. The minimum Gasteiger partial charge on any atom is -0.478 e. The molecule has 1 heterocycles.